The minimum absolute atomic E-state index is 0.0420. The number of aliphatic carboxylic acids is 1. The lowest BCUT2D eigenvalue weighted by Crippen LogP contribution is -2.57. The van der Waals surface area contributed by atoms with E-state index in [1.54, 1.807) is 0 Å². The van der Waals surface area contributed by atoms with Gasteiger partial charge in [-0.25, -0.2) is 0 Å². The first-order valence-corrected chi connectivity index (χ1v) is 11.3. The third-order valence-electron chi connectivity index (χ3n) is 5.02. The summed E-state index contributed by atoms with van der Waals surface area (Å²) < 4.78 is 0. The van der Waals surface area contributed by atoms with E-state index in [2.05, 4.69) is 33.6 Å². The fourth-order valence-electron chi connectivity index (χ4n) is 3.36. The van der Waals surface area contributed by atoms with Gasteiger partial charge in [-0.15, -0.1) is 0 Å². The van der Waals surface area contributed by atoms with Crippen LogP contribution in [0.5, 0.6) is 0 Å². The average molecular weight is 478 g/mol. The lowest BCUT2D eigenvalue weighted by Gasteiger charge is -2.24. The Balaban J connectivity index is 2.03. The highest BCUT2D eigenvalue weighted by molar-refractivity contribution is 7.80. The number of rotatable bonds is 12. The van der Waals surface area contributed by atoms with Crippen LogP contribution in [-0.4, -0.2) is 64.2 Å². The number of carbonyl (C=O) groups is 4. The largest absolute Gasteiger partial charge is 0.480 e. The second-order valence-corrected chi connectivity index (χ2v) is 8.58. The SMILES string of the molecule is CC(C)CC(NC(=O)C(N)Cc1c[nH]c2ccccc12)C(=O)NC(CS)C(=O)NCC(=O)O. The molecule has 2 aromatic rings. The van der Waals surface area contributed by atoms with Crippen LogP contribution in [0.4, 0.5) is 0 Å². The first-order valence-electron chi connectivity index (χ1n) is 10.6. The van der Waals surface area contributed by atoms with Gasteiger partial charge in [-0.1, -0.05) is 32.0 Å². The number of hydrogen-bond acceptors (Lipinski definition) is 6. The van der Waals surface area contributed by atoms with Crippen molar-refractivity contribution in [2.24, 2.45) is 11.7 Å². The standard InChI is InChI=1S/C22H31N5O5S/c1-12(2)7-17(22(32)27-18(11-33)21(31)25-10-19(28)29)26-20(30)15(23)8-13-9-24-16-6-4-3-5-14(13)16/h3-6,9,12,15,17-18,24,33H,7-8,10-11,23H2,1-2H3,(H,25,31)(H,26,30)(H,27,32)(H,28,29). The van der Waals surface area contributed by atoms with Gasteiger partial charge in [0, 0.05) is 22.9 Å². The Hall–Kier alpha value is -3.05. The van der Waals surface area contributed by atoms with Gasteiger partial charge in [0.25, 0.3) is 0 Å². The Kier molecular flexibility index (Phi) is 9.74. The Bertz CT molecular complexity index is 992. The molecule has 0 aliphatic heterocycles. The van der Waals surface area contributed by atoms with Crippen LogP contribution in [0, 0.1) is 5.92 Å². The zero-order valence-electron chi connectivity index (χ0n) is 18.6. The number of nitrogens with one attached hydrogen (secondary N) is 4. The van der Waals surface area contributed by atoms with E-state index in [9.17, 15) is 19.2 Å². The Morgan fingerprint density at radius 1 is 1.06 bits per heavy atom. The number of carboxylic acid groups (broad SMARTS) is 1. The van der Waals surface area contributed by atoms with Gasteiger partial charge >= 0.3 is 5.97 Å². The Morgan fingerprint density at radius 2 is 1.73 bits per heavy atom. The number of nitrogens with two attached hydrogens (primary N) is 1. The van der Waals surface area contributed by atoms with Crippen LogP contribution in [0.25, 0.3) is 10.9 Å². The van der Waals surface area contributed by atoms with E-state index in [0.29, 0.717) is 6.42 Å². The zero-order chi connectivity index (χ0) is 24.5. The van der Waals surface area contributed by atoms with Crippen molar-refractivity contribution in [3.8, 4) is 0 Å². The molecule has 0 saturated carbocycles. The van der Waals surface area contributed by atoms with Crippen LogP contribution in [0.3, 0.4) is 0 Å². The van der Waals surface area contributed by atoms with Gasteiger partial charge in [0.2, 0.25) is 17.7 Å². The number of carbonyl (C=O) groups excluding carboxylic acids is 3. The summed E-state index contributed by atoms with van der Waals surface area (Å²) in [7, 11) is 0. The van der Waals surface area contributed by atoms with Crippen LogP contribution >= 0.6 is 12.6 Å². The summed E-state index contributed by atoms with van der Waals surface area (Å²) in [6, 6.07) is 4.83. The van der Waals surface area contributed by atoms with Crippen molar-refractivity contribution in [3.05, 3.63) is 36.0 Å². The topological polar surface area (TPSA) is 166 Å². The van der Waals surface area contributed by atoms with Gasteiger partial charge in [-0.3, -0.25) is 19.2 Å². The molecule has 1 aromatic heterocycles. The number of H-pyrrole nitrogens is 1. The average Bonchev–Trinajstić information content (AvgIpc) is 3.17. The molecule has 33 heavy (non-hydrogen) atoms. The van der Waals surface area contributed by atoms with E-state index < -0.39 is 48.4 Å². The summed E-state index contributed by atoms with van der Waals surface area (Å²) in [5.41, 5.74) is 7.97. The fraction of sp³-hybridized carbons (Fsp3) is 0.455. The number of thiol groups is 1. The minimum atomic E-state index is -1.21. The van der Waals surface area contributed by atoms with Crippen LogP contribution in [-0.2, 0) is 25.6 Å². The molecular weight excluding hydrogens is 446 g/mol. The van der Waals surface area contributed by atoms with Crippen molar-refractivity contribution in [2.75, 3.05) is 12.3 Å². The van der Waals surface area contributed by atoms with E-state index in [4.69, 9.17) is 10.8 Å². The molecule has 0 saturated heterocycles. The van der Waals surface area contributed by atoms with Crippen molar-refractivity contribution >= 4 is 47.2 Å². The highest BCUT2D eigenvalue weighted by Crippen LogP contribution is 2.19. The van der Waals surface area contributed by atoms with Crippen molar-refractivity contribution in [1.29, 1.82) is 0 Å². The number of amides is 3. The number of fused-ring (bicyclic) bond motifs is 1. The summed E-state index contributed by atoms with van der Waals surface area (Å²) >= 11 is 4.06. The molecule has 3 atom stereocenters. The summed E-state index contributed by atoms with van der Waals surface area (Å²) in [6.07, 6.45) is 2.42. The van der Waals surface area contributed by atoms with Crippen molar-refractivity contribution in [3.63, 3.8) is 0 Å². The van der Waals surface area contributed by atoms with Gasteiger partial charge in [0.15, 0.2) is 0 Å². The number of aromatic nitrogens is 1. The normalized spacial score (nSPS) is 13.8. The number of carboxylic acids is 1. The lowest BCUT2D eigenvalue weighted by atomic mass is 10.0. The first-order chi connectivity index (χ1) is 15.6. The molecule has 3 unspecified atom stereocenters. The summed E-state index contributed by atoms with van der Waals surface area (Å²) in [5, 5.41) is 17.1. The molecule has 180 valence electrons. The number of para-hydroxylation sites is 1. The van der Waals surface area contributed by atoms with E-state index in [0.717, 1.165) is 16.5 Å². The number of hydrogen-bond donors (Lipinski definition) is 7. The van der Waals surface area contributed by atoms with Gasteiger partial charge in [0.1, 0.15) is 18.6 Å². The summed E-state index contributed by atoms with van der Waals surface area (Å²) in [6.45, 7) is 3.22. The second kappa shape index (κ2) is 12.3. The number of aromatic amines is 1. The third kappa shape index (κ3) is 7.79. The van der Waals surface area contributed by atoms with Gasteiger partial charge in [-0.05, 0) is 30.4 Å². The molecule has 11 heteroatoms. The summed E-state index contributed by atoms with van der Waals surface area (Å²) in [5.74, 6) is -2.91. The molecule has 3 amide bonds. The maximum Gasteiger partial charge on any atom is 0.322 e. The molecule has 0 bridgehead atoms. The number of benzene rings is 1. The third-order valence-corrected chi connectivity index (χ3v) is 5.39. The van der Waals surface area contributed by atoms with Crippen LogP contribution < -0.4 is 21.7 Å². The molecule has 1 heterocycles. The van der Waals surface area contributed by atoms with Gasteiger partial charge in [-0.2, -0.15) is 12.6 Å². The predicted octanol–water partition coefficient (Wildman–Crippen LogP) is 0.184. The van der Waals surface area contributed by atoms with Gasteiger partial charge < -0.3 is 31.8 Å². The minimum Gasteiger partial charge on any atom is -0.480 e. The second-order valence-electron chi connectivity index (χ2n) is 8.22. The molecule has 1 aromatic carbocycles. The van der Waals surface area contributed by atoms with Crippen molar-refractivity contribution in [1.82, 2.24) is 20.9 Å². The molecule has 10 nitrogen and oxygen atoms in total. The molecule has 2 rings (SSSR count). The van der Waals surface area contributed by atoms with Crippen molar-refractivity contribution in [2.45, 2.75) is 44.8 Å². The summed E-state index contributed by atoms with van der Waals surface area (Å²) in [4.78, 5) is 51.5. The monoisotopic (exact) mass is 477 g/mol. The maximum atomic E-state index is 12.8. The van der Waals surface area contributed by atoms with Crippen LogP contribution in [0.1, 0.15) is 25.8 Å². The molecule has 0 aliphatic carbocycles. The quantitative estimate of drug-likeness (QED) is 0.215. The highest BCUT2D eigenvalue weighted by atomic mass is 32.1. The Labute approximate surface area is 197 Å². The van der Waals surface area contributed by atoms with Crippen LogP contribution in [0.2, 0.25) is 0 Å². The Morgan fingerprint density at radius 3 is 2.36 bits per heavy atom. The van der Waals surface area contributed by atoms with E-state index in [1.807, 2.05) is 44.3 Å². The predicted molar refractivity (Wildman–Crippen MR) is 128 cm³/mol. The molecule has 0 spiro atoms. The molecular formula is C22H31N5O5S. The molecule has 0 radical (unpaired) electrons. The molecule has 0 fully saturated rings. The zero-order valence-corrected chi connectivity index (χ0v) is 19.5. The lowest BCUT2D eigenvalue weighted by molar-refractivity contribution is -0.138. The maximum absolute atomic E-state index is 12.8. The molecule has 7 N–H and O–H groups in total. The first kappa shape index (κ1) is 26.2. The molecule has 0 aliphatic rings. The van der Waals surface area contributed by atoms with E-state index in [1.165, 1.54) is 0 Å². The highest BCUT2D eigenvalue weighted by Gasteiger charge is 2.28. The van der Waals surface area contributed by atoms with Crippen molar-refractivity contribution < 1.29 is 24.3 Å². The van der Waals surface area contributed by atoms with Gasteiger partial charge in [0.05, 0.1) is 6.04 Å². The van der Waals surface area contributed by atoms with E-state index >= 15 is 0 Å². The fourth-order valence-corrected chi connectivity index (χ4v) is 3.62. The van der Waals surface area contributed by atoms with Crippen LogP contribution in [0.15, 0.2) is 30.5 Å². The smallest absolute Gasteiger partial charge is 0.322 e. The van der Waals surface area contributed by atoms with E-state index in [-0.39, 0.29) is 18.1 Å².